The first-order valence-electron chi connectivity index (χ1n) is 26.5. The molecule has 0 radical (unpaired) electrons. The zero-order valence-electron chi connectivity index (χ0n) is 43.8. The van der Waals surface area contributed by atoms with Crippen molar-refractivity contribution < 1.29 is 38.5 Å². The Morgan fingerprint density at radius 2 is 1.64 bits per heavy atom. The largest absolute Gasteiger partial charge is 0.507 e. The number of carbonyl (C=O) groups is 2. The van der Waals surface area contributed by atoms with Gasteiger partial charge in [-0.25, -0.2) is 15.0 Å². The second kappa shape index (κ2) is 22.1. The molecule has 1 aliphatic carbocycles. The number of aromatic nitrogens is 7. The number of benzene rings is 2. The fraction of sp³-hybridized carbons (Fsp3) is 0.379. The number of nitrogens with zero attached hydrogens (tertiary/aromatic N) is 10. The van der Waals surface area contributed by atoms with Gasteiger partial charge >= 0.3 is 0 Å². The highest BCUT2D eigenvalue weighted by molar-refractivity contribution is 5.91. The first-order valence-corrected chi connectivity index (χ1v) is 26.5. The average molecular weight is 1060 g/mol. The number of aliphatic hydroxyl groups is 1. The number of pyridine rings is 2. The van der Waals surface area contributed by atoms with Crippen molar-refractivity contribution >= 4 is 29.0 Å². The number of phenolic OH excluding ortho intramolecular Hbond substituents is 1. The molecular weight excluding hydrogens is 993 g/mol. The van der Waals surface area contributed by atoms with Crippen LogP contribution in [0.4, 0.5) is 17.2 Å². The second-order valence-electron chi connectivity index (χ2n) is 20.8. The summed E-state index contributed by atoms with van der Waals surface area (Å²) < 4.78 is 26.0. The third-order valence-corrected chi connectivity index (χ3v) is 15.2. The number of hydrogen-bond donors (Lipinski definition) is 4. The van der Waals surface area contributed by atoms with Crippen LogP contribution >= 0.6 is 0 Å². The predicted octanol–water partition coefficient (Wildman–Crippen LogP) is 6.56. The molecule has 20 heteroatoms. The van der Waals surface area contributed by atoms with Gasteiger partial charge in [-0.15, -0.1) is 10.2 Å². The summed E-state index contributed by atoms with van der Waals surface area (Å²) in [7, 11) is 0. The lowest BCUT2D eigenvalue weighted by atomic mass is 9.91. The van der Waals surface area contributed by atoms with Crippen LogP contribution in [0.25, 0.3) is 16.9 Å². The number of aliphatic hydroxyl groups excluding tert-OH is 1. The highest BCUT2D eigenvalue weighted by atomic mass is 16.5. The molecule has 8 heterocycles. The van der Waals surface area contributed by atoms with Gasteiger partial charge in [0.15, 0.2) is 18.2 Å². The third kappa shape index (κ3) is 11.0. The van der Waals surface area contributed by atoms with Crippen LogP contribution in [0.15, 0.2) is 114 Å². The van der Waals surface area contributed by atoms with Crippen molar-refractivity contribution in [3.05, 3.63) is 133 Å². The number of imidazole rings is 1. The van der Waals surface area contributed by atoms with Gasteiger partial charge in [0.2, 0.25) is 17.7 Å². The number of hydrogen-bond acceptors (Lipinski definition) is 17. The van der Waals surface area contributed by atoms with Crippen LogP contribution in [0, 0.1) is 24.7 Å². The smallest absolute Gasteiger partial charge is 0.255 e. The minimum atomic E-state index is -0.866. The van der Waals surface area contributed by atoms with Gasteiger partial charge in [0.05, 0.1) is 29.7 Å². The number of piperazine rings is 1. The molecule has 4 aliphatic rings. The van der Waals surface area contributed by atoms with Gasteiger partial charge < -0.3 is 59.3 Å². The van der Waals surface area contributed by atoms with E-state index in [-0.39, 0.29) is 85.0 Å². The maximum absolute atomic E-state index is 14.2. The standard InChI is InChI=1S/C58H62N12O8/c1-34(2)55(58(74)69-33-43(71)25-50(69)57(73)63-35(3)37-11-14-39(15-12-37)68-22-21-60-36(68)4)52-29-54(66-78-52)75-23-7-8-38-13-18-44(30-62-38)76-45-26-46(27-45)77-53-24-40(19-20-61-53)70-41-16-17-42(70)32-67(31-41)49-28-48(64-65-56(49)59)47-9-5-6-10-51(47)72/h5-6,9-15,18-22,24,28-30,34-35,41-43,45-46,50,55,71-72H,16-17,23,25-27,31-33H2,1-4H3,(H2,59,65)(H,63,73)/t35-,41?,42?,43+,45?,46?,50-,55-/m0/s1. The quantitative estimate of drug-likeness (QED) is 0.0749. The summed E-state index contributed by atoms with van der Waals surface area (Å²) >= 11 is 0. The zero-order valence-corrected chi connectivity index (χ0v) is 43.8. The van der Waals surface area contributed by atoms with E-state index in [0.717, 1.165) is 54.4 Å². The van der Waals surface area contributed by atoms with Gasteiger partial charge in [-0.2, -0.15) is 0 Å². The van der Waals surface area contributed by atoms with E-state index >= 15 is 0 Å². The molecule has 2 amide bonds. The molecule has 11 rings (SSSR count). The van der Waals surface area contributed by atoms with Gasteiger partial charge in [0.25, 0.3) is 5.88 Å². The first-order chi connectivity index (χ1) is 37.8. The maximum atomic E-state index is 14.2. The Kier molecular flexibility index (Phi) is 14.6. The topological polar surface area (TPSA) is 245 Å². The monoisotopic (exact) mass is 1050 g/mol. The van der Waals surface area contributed by atoms with Crippen LogP contribution in [0.3, 0.4) is 0 Å². The molecule has 4 fully saturated rings. The van der Waals surface area contributed by atoms with Gasteiger partial charge in [0, 0.05) is 98.6 Å². The molecule has 20 nitrogen and oxygen atoms in total. The maximum Gasteiger partial charge on any atom is 0.255 e. The average Bonchev–Trinajstić information content (AvgIpc) is 4.28. The summed E-state index contributed by atoms with van der Waals surface area (Å²) in [4.78, 5) is 47.4. The van der Waals surface area contributed by atoms with E-state index in [0.29, 0.717) is 47.2 Å². The van der Waals surface area contributed by atoms with E-state index < -0.39 is 18.1 Å². The van der Waals surface area contributed by atoms with Gasteiger partial charge in [0.1, 0.15) is 47.2 Å². The van der Waals surface area contributed by atoms with Crippen molar-refractivity contribution in [1.82, 2.24) is 45.1 Å². The number of nitrogens with two attached hydrogens (primary N) is 1. The Bertz CT molecular complexity index is 3320. The van der Waals surface area contributed by atoms with E-state index in [1.165, 1.54) is 4.90 Å². The van der Waals surface area contributed by atoms with Crippen LogP contribution in [0.2, 0.25) is 0 Å². The number of aryl methyl sites for hydroxylation is 1. The van der Waals surface area contributed by atoms with Crippen molar-refractivity contribution in [2.45, 2.75) is 108 Å². The Hall–Kier alpha value is -8.70. The normalized spacial score (nSPS) is 21.3. The minimum absolute atomic E-state index is 0.0146. The number of nitrogen functional groups attached to an aromatic ring is 1. The fourth-order valence-electron chi connectivity index (χ4n) is 11.1. The molecule has 2 bridgehead atoms. The highest BCUT2D eigenvalue weighted by Gasteiger charge is 2.44. The van der Waals surface area contributed by atoms with Crippen molar-refractivity contribution in [1.29, 1.82) is 0 Å². The van der Waals surface area contributed by atoms with Gasteiger partial charge in [-0.3, -0.25) is 9.59 Å². The molecule has 402 valence electrons. The number of β-amino-alcohol motifs (C(OH)–C–C–N with tert-alkyl or cyclic N) is 1. The summed E-state index contributed by atoms with van der Waals surface area (Å²) in [5, 5.41) is 36.8. The lowest BCUT2D eigenvalue weighted by Crippen LogP contribution is -2.54. The molecule has 3 saturated heterocycles. The fourth-order valence-corrected chi connectivity index (χ4v) is 11.1. The number of phenols is 1. The minimum Gasteiger partial charge on any atom is -0.507 e. The Morgan fingerprint density at radius 3 is 2.37 bits per heavy atom. The molecule has 0 spiro atoms. The molecule has 6 atom stereocenters. The summed E-state index contributed by atoms with van der Waals surface area (Å²) in [6.45, 7) is 9.14. The number of aromatic hydroxyl groups is 1. The SMILES string of the molecule is Cc1nccn1-c1ccc([C@H](C)NC(=O)[C@@H]2C[C@@H](O)CN2C(=O)[C@H](c2cc(OCC#Cc3ccc(OC4CC(Oc5cc(N6C7CCC6CN(c6cc(-c8ccccc8O)nnc6N)C7)ccn5)C4)cn3)no2)C(C)C)cc1. The molecule has 5 N–H and O–H groups in total. The number of para-hydroxylation sites is 1. The van der Waals surface area contributed by atoms with Gasteiger partial charge in [-0.05, 0) is 97.8 Å². The van der Waals surface area contributed by atoms with Crippen LogP contribution in [-0.4, -0.2) is 124 Å². The first kappa shape index (κ1) is 51.4. The van der Waals surface area contributed by atoms with Crippen molar-refractivity contribution in [3.8, 4) is 52.0 Å². The molecule has 7 aromatic rings. The van der Waals surface area contributed by atoms with Crippen LogP contribution in [0.1, 0.15) is 87.7 Å². The van der Waals surface area contributed by atoms with E-state index in [1.54, 1.807) is 36.7 Å². The Morgan fingerprint density at radius 1 is 0.859 bits per heavy atom. The summed E-state index contributed by atoms with van der Waals surface area (Å²) in [6, 6.07) is 25.4. The summed E-state index contributed by atoms with van der Waals surface area (Å²) in [6.07, 6.45) is 9.80. The van der Waals surface area contributed by atoms with E-state index in [2.05, 4.69) is 57.3 Å². The number of anilines is 3. The number of nitrogens with one attached hydrogen (secondary N) is 1. The van der Waals surface area contributed by atoms with Crippen molar-refractivity contribution in [2.24, 2.45) is 5.92 Å². The lowest BCUT2D eigenvalue weighted by molar-refractivity contribution is -0.141. The molecule has 2 aromatic carbocycles. The number of rotatable bonds is 16. The summed E-state index contributed by atoms with van der Waals surface area (Å²) in [5.41, 5.74) is 11.9. The molecule has 5 aromatic heterocycles. The molecule has 3 aliphatic heterocycles. The molecule has 2 unspecified atom stereocenters. The number of ether oxygens (including phenoxy) is 3. The molecular formula is C58H62N12O8. The van der Waals surface area contributed by atoms with Crippen LogP contribution in [0.5, 0.6) is 23.3 Å². The van der Waals surface area contributed by atoms with Crippen LogP contribution in [-0.2, 0) is 9.59 Å². The van der Waals surface area contributed by atoms with Gasteiger partial charge in [-0.1, -0.05) is 44.0 Å². The number of amides is 2. The summed E-state index contributed by atoms with van der Waals surface area (Å²) in [5.74, 6) is 7.30. The molecule has 78 heavy (non-hydrogen) atoms. The molecule has 1 saturated carbocycles. The number of carbonyl (C=O) groups excluding carboxylic acids is 2. The van der Waals surface area contributed by atoms with E-state index in [4.69, 9.17) is 24.5 Å². The van der Waals surface area contributed by atoms with Crippen LogP contribution < -0.4 is 35.1 Å². The Balaban J connectivity index is 0.627. The number of likely N-dealkylation sites (tertiary alicyclic amines) is 1. The second-order valence-corrected chi connectivity index (χ2v) is 20.8. The zero-order chi connectivity index (χ0) is 54.0. The lowest BCUT2D eigenvalue weighted by Gasteiger charge is -2.43. The predicted molar refractivity (Wildman–Crippen MR) is 289 cm³/mol. The third-order valence-electron chi connectivity index (χ3n) is 15.2. The van der Waals surface area contributed by atoms with E-state index in [9.17, 15) is 19.8 Å². The highest BCUT2D eigenvalue weighted by Crippen LogP contribution is 2.41. The van der Waals surface area contributed by atoms with Crippen molar-refractivity contribution in [2.75, 3.05) is 41.8 Å². The Labute approximate surface area is 451 Å². The number of fused-ring (bicyclic) bond motifs is 2. The van der Waals surface area contributed by atoms with Crippen molar-refractivity contribution in [3.63, 3.8) is 0 Å². The van der Waals surface area contributed by atoms with E-state index in [1.807, 2.05) is 105 Å².